The van der Waals surface area contributed by atoms with E-state index >= 15 is 0 Å². The van der Waals surface area contributed by atoms with Gasteiger partial charge in [0.1, 0.15) is 18.2 Å². The van der Waals surface area contributed by atoms with E-state index < -0.39 is 21.7 Å². The number of ether oxygens (including phenoxy) is 1. The van der Waals surface area contributed by atoms with Crippen LogP contribution in [0.15, 0.2) is 45.7 Å². The van der Waals surface area contributed by atoms with Gasteiger partial charge in [-0.05, 0) is 36.4 Å². The molecule has 1 N–H and O–H groups in total. The van der Waals surface area contributed by atoms with Crippen molar-refractivity contribution in [2.75, 3.05) is 7.11 Å². The van der Waals surface area contributed by atoms with E-state index in [1.165, 1.54) is 19.2 Å². The quantitative estimate of drug-likeness (QED) is 0.907. The van der Waals surface area contributed by atoms with Crippen LogP contribution in [0.4, 0.5) is 4.39 Å². The second-order valence-corrected chi connectivity index (χ2v) is 5.77. The van der Waals surface area contributed by atoms with Crippen LogP contribution in [0.3, 0.4) is 0 Å². The van der Waals surface area contributed by atoms with Crippen molar-refractivity contribution >= 4 is 15.9 Å². The lowest BCUT2D eigenvalue weighted by atomic mass is 10.4. The zero-order chi connectivity index (χ0) is 15.5. The minimum Gasteiger partial charge on any atom is -0.453 e. The number of hydrogen-bond donors (Lipinski definition) is 1. The topological polar surface area (TPSA) is 85.6 Å². The lowest BCUT2D eigenvalue weighted by molar-refractivity contribution is 0.0945. The standard InChI is InChI=1S/C13H12FNO5S/c1-19-8-10-4-7-12(20-10)13(16)15-21(17,18)11-5-2-9(14)3-6-11/h2-7H,8H2,1H3,(H,15,16). The minimum absolute atomic E-state index is 0.160. The molecule has 0 aliphatic heterocycles. The van der Waals surface area contributed by atoms with E-state index in [0.29, 0.717) is 5.76 Å². The Kier molecular flexibility index (Phi) is 4.39. The van der Waals surface area contributed by atoms with Crippen molar-refractivity contribution in [1.29, 1.82) is 0 Å². The summed E-state index contributed by atoms with van der Waals surface area (Å²) in [6.07, 6.45) is 0. The Labute approximate surface area is 120 Å². The van der Waals surface area contributed by atoms with Gasteiger partial charge in [-0.1, -0.05) is 0 Å². The molecule has 0 saturated heterocycles. The average Bonchev–Trinajstić information content (AvgIpc) is 2.88. The van der Waals surface area contributed by atoms with Crippen molar-refractivity contribution in [3.05, 3.63) is 53.7 Å². The van der Waals surface area contributed by atoms with Crippen molar-refractivity contribution in [2.45, 2.75) is 11.5 Å². The van der Waals surface area contributed by atoms with E-state index in [0.717, 1.165) is 24.3 Å². The molecule has 0 spiro atoms. The van der Waals surface area contributed by atoms with Gasteiger partial charge in [0.25, 0.3) is 10.0 Å². The van der Waals surface area contributed by atoms with Crippen LogP contribution in [0.5, 0.6) is 0 Å². The zero-order valence-corrected chi connectivity index (χ0v) is 11.8. The van der Waals surface area contributed by atoms with Crippen molar-refractivity contribution < 1.29 is 26.8 Å². The van der Waals surface area contributed by atoms with Crippen LogP contribution in [0.25, 0.3) is 0 Å². The van der Waals surface area contributed by atoms with Crippen LogP contribution < -0.4 is 4.72 Å². The van der Waals surface area contributed by atoms with Gasteiger partial charge in [0.2, 0.25) is 0 Å². The van der Waals surface area contributed by atoms with E-state index in [4.69, 9.17) is 9.15 Å². The first-order valence-electron chi connectivity index (χ1n) is 5.83. The first kappa shape index (κ1) is 15.2. The summed E-state index contributed by atoms with van der Waals surface area (Å²) in [5.41, 5.74) is 0. The monoisotopic (exact) mass is 313 g/mol. The molecule has 0 aliphatic rings. The van der Waals surface area contributed by atoms with Crippen LogP contribution >= 0.6 is 0 Å². The number of nitrogens with one attached hydrogen (secondary N) is 1. The van der Waals surface area contributed by atoms with Gasteiger partial charge in [-0.25, -0.2) is 17.5 Å². The summed E-state index contributed by atoms with van der Waals surface area (Å²) in [5.74, 6) is -1.26. The summed E-state index contributed by atoms with van der Waals surface area (Å²) in [7, 11) is -2.63. The molecule has 0 fully saturated rings. The van der Waals surface area contributed by atoms with Crippen LogP contribution in [-0.2, 0) is 21.4 Å². The first-order chi connectivity index (χ1) is 9.92. The lowest BCUT2D eigenvalue weighted by Crippen LogP contribution is -2.30. The highest BCUT2D eigenvalue weighted by Gasteiger charge is 2.21. The summed E-state index contributed by atoms with van der Waals surface area (Å²) in [6.45, 7) is 0.165. The molecule has 0 atom stereocenters. The van der Waals surface area contributed by atoms with Gasteiger partial charge in [-0.15, -0.1) is 0 Å². The fraction of sp³-hybridized carbons (Fsp3) is 0.154. The van der Waals surface area contributed by atoms with Gasteiger partial charge in [0, 0.05) is 7.11 Å². The Hall–Kier alpha value is -2.19. The minimum atomic E-state index is -4.08. The number of sulfonamides is 1. The van der Waals surface area contributed by atoms with Crippen LogP contribution in [0, 0.1) is 5.82 Å². The number of halogens is 1. The lowest BCUT2D eigenvalue weighted by Gasteiger charge is -2.05. The first-order valence-corrected chi connectivity index (χ1v) is 7.31. The molecule has 112 valence electrons. The number of carbonyl (C=O) groups excluding carboxylic acids is 1. The highest BCUT2D eigenvalue weighted by atomic mass is 32.2. The second-order valence-electron chi connectivity index (χ2n) is 4.09. The maximum atomic E-state index is 12.8. The zero-order valence-electron chi connectivity index (χ0n) is 11.0. The normalized spacial score (nSPS) is 11.3. The van der Waals surface area contributed by atoms with Crippen LogP contribution in [0.1, 0.15) is 16.3 Å². The highest BCUT2D eigenvalue weighted by Crippen LogP contribution is 2.12. The SMILES string of the molecule is COCc1ccc(C(=O)NS(=O)(=O)c2ccc(F)cc2)o1. The molecule has 1 heterocycles. The summed E-state index contributed by atoms with van der Waals surface area (Å²) in [5, 5.41) is 0. The molecule has 21 heavy (non-hydrogen) atoms. The van der Waals surface area contributed by atoms with Gasteiger partial charge in [0.15, 0.2) is 5.76 Å². The molecule has 0 unspecified atom stereocenters. The molecule has 1 amide bonds. The molecule has 0 bridgehead atoms. The van der Waals surface area contributed by atoms with Crippen LogP contribution in [0.2, 0.25) is 0 Å². The molecule has 1 aromatic heterocycles. The van der Waals surface area contributed by atoms with Crippen LogP contribution in [-0.4, -0.2) is 21.4 Å². The molecule has 2 rings (SSSR count). The maximum Gasteiger partial charge on any atom is 0.300 e. The summed E-state index contributed by atoms with van der Waals surface area (Å²) in [4.78, 5) is 11.6. The average molecular weight is 313 g/mol. The Bertz CT molecular complexity index is 736. The highest BCUT2D eigenvalue weighted by molar-refractivity contribution is 7.90. The predicted molar refractivity (Wildman–Crippen MR) is 70.5 cm³/mol. The summed E-state index contributed by atoms with van der Waals surface area (Å²) in [6, 6.07) is 6.94. The number of furan rings is 1. The number of amides is 1. The largest absolute Gasteiger partial charge is 0.453 e. The fourth-order valence-electron chi connectivity index (χ4n) is 1.56. The molecule has 0 radical (unpaired) electrons. The number of carbonyl (C=O) groups is 1. The van der Waals surface area contributed by atoms with Gasteiger partial charge in [-0.2, -0.15) is 0 Å². The predicted octanol–water partition coefficient (Wildman–Crippen LogP) is 1.68. The Morgan fingerprint density at radius 2 is 1.90 bits per heavy atom. The smallest absolute Gasteiger partial charge is 0.300 e. The third kappa shape index (κ3) is 3.67. The Morgan fingerprint density at radius 3 is 2.52 bits per heavy atom. The molecule has 0 aliphatic carbocycles. The molecule has 6 nitrogen and oxygen atoms in total. The number of hydrogen-bond acceptors (Lipinski definition) is 5. The van der Waals surface area contributed by atoms with Gasteiger partial charge in [0.05, 0.1) is 4.90 Å². The Balaban J connectivity index is 2.15. The van der Waals surface area contributed by atoms with Gasteiger partial charge < -0.3 is 9.15 Å². The number of methoxy groups -OCH3 is 1. The number of benzene rings is 1. The molecule has 1 aromatic carbocycles. The van der Waals surface area contributed by atoms with E-state index in [9.17, 15) is 17.6 Å². The van der Waals surface area contributed by atoms with E-state index in [1.54, 1.807) is 0 Å². The molecule has 2 aromatic rings. The van der Waals surface area contributed by atoms with E-state index in [2.05, 4.69) is 0 Å². The van der Waals surface area contributed by atoms with Crippen molar-refractivity contribution in [1.82, 2.24) is 4.72 Å². The fourth-order valence-corrected chi connectivity index (χ4v) is 2.52. The third-order valence-electron chi connectivity index (χ3n) is 2.52. The van der Waals surface area contributed by atoms with Gasteiger partial charge >= 0.3 is 5.91 Å². The van der Waals surface area contributed by atoms with Gasteiger partial charge in [-0.3, -0.25) is 4.79 Å². The number of rotatable bonds is 5. The summed E-state index contributed by atoms with van der Waals surface area (Å²) < 4.78 is 48.4. The molecular formula is C13H12FNO5S. The Morgan fingerprint density at radius 1 is 1.24 bits per heavy atom. The molecule has 8 heteroatoms. The third-order valence-corrected chi connectivity index (χ3v) is 3.87. The maximum absolute atomic E-state index is 12.8. The summed E-state index contributed by atoms with van der Waals surface area (Å²) >= 11 is 0. The van der Waals surface area contributed by atoms with E-state index in [1.807, 2.05) is 4.72 Å². The van der Waals surface area contributed by atoms with E-state index in [-0.39, 0.29) is 17.3 Å². The molecule has 0 saturated carbocycles. The van der Waals surface area contributed by atoms with Crippen molar-refractivity contribution in [3.63, 3.8) is 0 Å². The molecular weight excluding hydrogens is 301 g/mol. The van der Waals surface area contributed by atoms with Crippen molar-refractivity contribution in [3.8, 4) is 0 Å². The van der Waals surface area contributed by atoms with Crippen molar-refractivity contribution in [2.24, 2.45) is 0 Å². The second kappa shape index (κ2) is 6.06.